The number of amides is 2. The third kappa shape index (κ3) is 4.09. The van der Waals surface area contributed by atoms with Crippen LogP contribution in [0.15, 0.2) is 29.2 Å². The molecule has 1 aromatic carbocycles. The molecular weight excluding hydrogens is 314 g/mol. The number of carbonyl (C=O) groups is 3. The Kier molecular flexibility index (Phi) is 5.03. The Bertz CT molecular complexity index is 612. The third-order valence-electron chi connectivity index (χ3n) is 2.81. The molecule has 1 saturated heterocycles. The average molecular weight is 326 g/mol. The van der Waals surface area contributed by atoms with Crippen molar-refractivity contribution >= 4 is 46.6 Å². The van der Waals surface area contributed by atoms with Crippen LogP contribution in [0.4, 0.5) is 4.79 Å². The van der Waals surface area contributed by atoms with Gasteiger partial charge in [-0.2, -0.15) is 0 Å². The molecule has 0 saturated carbocycles. The number of halogens is 1. The zero-order valence-electron chi connectivity index (χ0n) is 10.9. The lowest BCUT2D eigenvalue weighted by Gasteiger charge is -2.10. The van der Waals surface area contributed by atoms with Crippen LogP contribution in [-0.2, 0) is 9.59 Å². The van der Waals surface area contributed by atoms with Crippen LogP contribution in [0.3, 0.4) is 0 Å². The summed E-state index contributed by atoms with van der Waals surface area (Å²) in [5.41, 5.74) is 0.774. The summed E-state index contributed by atoms with van der Waals surface area (Å²) in [7, 11) is 0. The van der Waals surface area contributed by atoms with Crippen LogP contribution in [0, 0.1) is 0 Å². The van der Waals surface area contributed by atoms with Gasteiger partial charge in [0, 0.05) is 18.0 Å². The van der Waals surface area contributed by atoms with E-state index in [4.69, 9.17) is 16.7 Å². The van der Waals surface area contributed by atoms with Gasteiger partial charge in [-0.25, -0.2) is 0 Å². The summed E-state index contributed by atoms with van der Waals surface area (Å²) in [5, 5.41) is 8.79. The molecule has 0 radical (unpaired) electrons. The van der Waals surface area contributed by atoms with E-state index in [1.807, 2.05) is 0 Å². The van der Waals surface area contributed by atoms with E-state index in [1.54, 1.807) is 30.3 Å². The first-order chi connectivity index (χ1) is 9.97. The minimum absolute atomic E-state index is 0.0715. The minimum Gasteiger partial charge on any atom is -0.481 e. The topological polar surface area (TPSA) is 74.7 Å². The second-order valence-corrected chi connectivity index (χ2v) is 5.81. The Morgan fingerprint density at radius 1 is 1.29 bits per heavy atom. The Hall–Kier alpha value is -1.79. The fourth-order valence-corrected chi connectivity index (χ4v) is 2.78. The van der Waals surface area contributed by atoms with E-state index in [-0.39, 0.29) is 30.5 Å². The van der Waals surface area contributed by atoms with Gasteiger partial charge in [0.25, 0.3) is 11.1 Å². The van der Waals surface area contributed by atoms with Crippen LogP contribution in [-0.4, -0.2) is 33.7 Å². The van der Waals surface area contributed by atoms with Crippen molar-refractivity contribution in [2.45, 2.75) is 12.8 Å². The highest BCUT2D eigenvalue weighted by atomic mass is 35.5. The Labute approximate surface area is 130 Å². The highest BCUT2D eigenvalue weighted by molar-refractivity contribution is 8.18. The van der Waals surface area contributed by atoms with Gasteiger partial charge in [0.1, 0.15) is 0 Å². The van der Waals surface area contributed by atoms with Crippen molar-refractivity contribution in [2.24, 2.45) is 0 Å². The zero-order valence-corrected chi connectivity index (χ0v) is 12.5. The van der Waals surface area contributed by atoms with Crippen LogP contribution >= 0.6 is 23.4 Å². The highest BCUT2D eigenvalue weighted by Gasteiger charge is 2.34. The number of hydrogen-bond donors (Lipinski definition) is 1. The monoisotopic (exact) mass is 325 g/mol. The number of nitrogens with zero attached hydrogens (tertiary/aromatic N) is 1. The van der Waals surface area contributed by atoms with Gasteiger partial charge in [-0.05, 0) is 42.0 Å². The Balaban J connectivity index is 2.06. The van der Waals surface area contributed by atoms with Crippen molar-refractivity contribution in [3.05, 3.63) is 39.8 Å². The number of rotatable bonds is 5. The van der Waals surface area contributed by atoms with Gasteiger partial charge in [0.15, 0.2) is 0 Å². The van der Waals surface area contributed by atoms with Crippen LogP contribution in [0.25, 0.3) is 6.08 Å². The first-order valence-corrected chi connectivity index (χ1v) is 7.39. The fourth-order valence-electron chi connectivity index (χ4n) is 1.79. The summed E-state index contributed by atoms with van der Waals surface area (Å²) < 4.78 is 0. The molecule has 5 nitrogen and oxygen atoms in total. The van der Waals surface area contributed by atoms with Crippen molar-refractivity contribution in [2.75, 3.05) is 6.54 Å². The number of thioether (sulfide) groups is 1. The predicted molar refractivity (Wildman–Crippen MR) is 81.0 cm³/mol. The van der Waals surface area contributed by atoms with E-state index >= 15 is 0 Å². The smallest absolute Gasteiger partial charge is 0.303 e. The van der Waals surface area contributed by atoms with Crippen molar-refractivity contribution in [1.82, 2.24) is 4.90 Å². The molecule has 1 N–H and O–H groups in total. The van der Waals surface area contributed by atoms with Crippen LogP contribution in [0.1, 0.15) is 18.4 Å². The number of aliphatic carboxylic acids is 1. The highest BCUT2D eigenvalue weighted by Crippen LogP contribution is 2.32. The molecule has 0 aromatic heterocycles. The predicted octanol–water partition coefficient (Wildman–Crippen LogP) is 3.24. The standard InChI is InChI=1S/C14H12ClNO4S/c15-10-5-3-9(4-6-10)8-11-13(19)16(14(20)21-11)7-1-2-12(17)18/h3-6,8H,1-2,7H2,(H,17,18). The van der Waals surface area contributed by atoms with Gasteiger partial charge < -0.3 is 5.11 Å². The van der Waals surface area contributed by atoms with E-state index in [2.05, 4.69) is 0 Å². The number of carbonyl (C=O) groups excluding carboxylic acids is 2. The Morgan fingerprint density at radius 3 is 2.57 bits per heavy atom. The van der Waals surface area contributed by atoms with Crippen molar-refractivity contribution in [3.8, 4) is 0 Å². The van der Waals surface area contributed by atoms with E-state index in [0.29, 0.717) is 9.93 Å². The first kappa shape index (κ1) is 15.6. The Morgan fingerprint density at radius 2 is 1.95 bits per heavy atom. The van der Waals surface area contributed by atoms with Crippen molar-refractivity contribution in [3.63, 3.8) is 0 Å². The molecule has 1 fully saturated rings. The summed E-state index contributed by atoms with van der Waals surface area (Å²) >= 11 is 6.64. The second kappa shape index (κ2) is 6.78. The quantitative estimate of drug-likeness (QED) is 0.841. The van der Waals surface area contributed by atoms with E-state index < -0.39 is 5.97 Å². The lowest BCUT2D eigenvalue weighted by molar-refractivity contribution is -0.137. The number of benzene rings is 1. The SMILES string of the molecule is O=C(O)CCCN1C(=O)SC(=Cc2ccc(Cl)cc2)C1=O. The van der Waals surface area contributed by atoms with Crippen LogP contribution < -0.4 is 0 Å². The lowest BCUT2D eigenvalue weighted by atomic mass is 10.2. The molecule has 2 amide bonds. The molecule has 0 spiro atoms. The summed E-state index contributed by atoms with van der Waals surface area (Å²) in [4.78, 5) is 35.7. The number of carboxylic acid groups (broad SMARTS) is 1. The van der Waals surface area contributed by atoms with Gasteiger partial charge in [0.05, 0.1) is 4.91 Å². The third-order valence-corrected chi connectivity index (χ3v) is 3.97. The van der Waals surface area contributed by atoms with E-state index in [9.17, 15) is 14.4 Å². The number of carboxylic acids is 1. The zero-order chi connectivity index (χ0) is 15.4. The summed E-state index contributed by atoms with van der Waals surface area (Å²) in [6, 6.07) is 6.90. The summed E-state index contributed by atoms with van der Waals surface area (Å²) in [6.07, 6.45) is 1.80. The number of hydrogen-bond acceptors (Lipinski definition) is 4. The molecule has 2 rings (SSSR count). The molecule has 0 bridgehead atoms. The molecule has 1 aliphatic rings. The molecule has 0 unspecified atom stereocenters. The minimum atomic E-state index is -0.946. The molecule has 7 heteroatoms. The molecular formula is C14H12ClNO4S. The molecule has 21 heavy (non-hydrogen) atoms. The first-order valence-electron chi connectivity index (χ1n) is 6.20. The van der Waals surface area contributed by atoms with E-state index in [1.165, 1.54) is 0 Å². The fraction of sp³-hybridized carbons (Fsp3) is 0.214. The lowest BCUT2D eigenvalue weighted by Crippen LogP contribution is -2.29. The summed E-state index contributed by atoms with van der Waals surface area (Å²) in [6.45, 7) is 0.120. The van der Waals surface area contributed by atoms with Gasteiger partial charge >= 0.3 is 5.97 Å². The molecule has 1 aromatic rings. The van der Waals surface area contributed by atoms with Crippen molar-refractivity contribution < 1.29 is 19.5 Å². The average Bonchev–Trinajstić information content (AvgIpc) is 2.68. The van der Waals surface area contributed by atoms with Gasteiger partial charge in [-0.1, -0.05) is 23.7 Å². The second-order valence-electron chi connectivity index (χ2n) is 4.38. The summed E-state index contributed by atoms with van der Waals surface area (Å²) in [5.74, 6) is -1.33. The maximum Gasteiger partial charge on any atom is 0.303 e. The molecule has 1 heterocycles. The largest absolute Gasteiger partial charge is 0.481 e. The van der Waals surface area contributed by atoms with Crippen LogP contribution in [0.5, 0.6) is 0 Å². The molecule has 0 aliphatic carbocycles. The maximum absolute atomic E-state index is 12.1. The van der Waals surface area contributed by atoms with Crippen LogP contribution in [0.2, 0.25) is 5.02 Å². The van der Waals surface area contributed by atoms with Gasteiger partial charge in [-0.3, -0.25) is 19.3 Å². The van der Waals surface area contributed by atoms with Gasteiger partial charge in [-0.15, -0.1) is 0 Å². The van der Waals surface area contributed by atoms with Crippen molar-refractivity contribution in [1.29, 1.82) is 0 Å². The molecule has 110 valence electrons. The van der Waals surface area contributed by atoms with E-state index in [0.717, 1.165) is 22.2 Å². The molecule has 1 aliphatic heterocycles. The maximum atomic E-state index is 12.1. The normalized spacial score (nSPS) is 16.8. The van der Waals surface area contributed by atoms with Gasteiger partial charge in [0.2, 0.25) is 0 Å². The number of imide groups is 1. The molecule has 0 atom stereocenters.